The van der Waals surface area contributed by atoms with Crippen LogP contribution in [0.2, 0.25) is 0 Å². The SMILES string of the molecule is O=C([C@H]1C[C@@H]1c1ccccc1)N1CCC(OCCc2ccccc2)CC1. The minimum atomic E-state index is 0.202. The Morgan fingerprint density at radius 3 is 2.31 bits per heavy atom. The third-order valence-electron chi connectivity index (χ3n) is 5.68. The van der Waals surface area contributed by atoms with Crippen LogP contribution in [0.25, 0.3) is 0 Å². The Labute approximate surface area is 156 Å². The minimum absolute atomic E-state index is 0.202. The second kappa shape index (κ2) is 8.05. The molecule has 2 atom stereocenters. The van der Waals surface area contributed by atoms with Crippen molar-refractivity contribution in [2.75, 3.05) is 19.7 Å². The van der Waals surface area contributed by atoms with Gasteiger partial charge in [-0.25, -0.2) is 0 Å². The number of carbonyl (C=O) groups is 1. The fourth-order valence-electron chi connectivity index (χ4n) is 4.00. The molecule has 2 aromatic rings. The molecule has 3 heteroatoms. The van der Waals surface area contributed by atoms with Crippen molar-refractivity contribution in [2.45, 2.75) is 37.7 Å². The first-order chi connectivity index (χ1) is 12.8. The van der Waals surface area contributed by atoms with Gasteiger partial charge in [-0.2, -0.15) is 0 Å². The van der Waals surface area contributed by atoms with Crippen LogP contribution in [0, 0.1) is 5.92 Å². The number of rotatable bonds is 6. The van der Waals surface area contributed by atoms with Gasteiger partial charge in [-0.1, -0.05) is 60.7 Å². The van der Waals surface area contributed by atoms with E-state index in [1.807, 2.05) is 12.1 Å². The maximum Gasteiger partial charge on any atom is 0.226 e. The number of nitrogens with zero attached hydrogens (tertiary/aromatic N) is 1. The lowest BCUT2D eigenvalue weighted by atomic mass is 10.1. The molecule has 0 radical (unpaired) electrons. The van der Waals surface area contributed by atoms with Crippen molar-refractivity contribution in [1.29, 1.82) is 0 Å². The predicted octanol–water partition coefficient (Wildman–Crippen LogP) is 4.04. The quantitative estimate of drug-likeness (QED) is 0.788. The molecule has 1 aliphatic carbocycles. The smallest absolute Gasteiger partial charge is 0.226 e. The standard InChI is InChI=1S/C23H27NO2/c25-23(22-17-21(22)19-9-5-2-6-10-19)24-14-11-20(12-15-24)26-16-13-18-7-3-1-4-8-18/h1-10,20-22H,11-17H2/t21-,22+/m1/s1. The topological polar surface area (TPSA) is 29.5 Å². The minimum Gasteiger partial charge on any atom is -0.378 e. The van der Waals surface area contributed by atoms with Crippen molar-refractivity contribution in [3.8, 4) is 0 Å². The molecule has 0 unspecified atom stereocenters. The molecular weight excluding hydrogens is 322 g/mol. The molecular formula is C23H27NO2. The van der Waals surface area contributed by atoms with Gasteiger partial charge in [-0.15, -0.1) is 0 Å². The van der Waals surface area contributed by atoms with Crippen LogP contribution in [-0.2, 0) is 16.0 Å². The number of hydrogen-bond donors (Lipinski definition) is 0. The van der Waals surface area contributed by atoms with E-state index < -0.39 is 0 Å². The van der Waals surface area contributed by atoms with Crippen LogP contribution in [0.4, 0.5) is 0 Å². The Balaban J connectivity index is 1.19. The lowest BCUT2D eigenvalue weighted by Crippen LogP contribution is -2.42. The third kappa shape index (κ3) is 4.16. The lowest BCUT2D eigenvalue weighted by Gasteiger charge is -2.32. The maximum atomic E-state index is 12.7. The molecule has 0 bridgehead atoms. The zero-order chi connectivity index (χ0) is 17.8. The predicted molar refractivity (Wildman–Crippen MR) is 103 cm³/mol. The van der Waals surface area contributed by atoms with Gasteiger partial charge < -0.3 is 9.64 Å². The summed E-state index contributed by atoms with van der Waals surface area (Å²) in [5, 5.41) is 0. The summed E-state index contributed by atoms with van der Waals surface area (Å²) in [5.74, 6) is 0.984. The summed E-state index contributed by atoms with van der Waals surface area (Å²) in [4.78, 5) is 14.8. The largest absolute Gasteiger partial charge is 0.378 e. The summed E-state index contributed by atoms with van der Waals surface area (Å²) in [6.07, 6.45) is 4.19. The van der Waals surface area contributed by atoms with Gasteiger partial charge in [0.25, 0.3) is 0 Å². The molecule has 136 valence electrons. The van der Waals surface area contributed by atoms with Crippen molar-refractivity contribution in [1.82, 2.24) is 4.90 Å². The Bertz CT molecular complexity index is 708. The maximum absolute atomic E-state index is 12.7. The van der Waals surface area contributed by atoms with E-state index >= 15 is 0 Å². The molecule has 2 aliphatic rings. The highest BCUT2D eigenvalue weighted by Crippen LogP contribution is 2.48. The van der Waals surface area contributed by atoms with E-state index in [-0.39, 0.29) is 5.92 Å². The third-order valence-corrected chi connectivity index (χ3v) is 5.68. The average molecular weight is 349 g/mol. The Morgan fingerprint density at radius 2 is 1.62 bits per heavy atom. The Morgan fingerprint density at radius 1 is 0.962 bits per heavy atom. The van der Waals surface area contributed by atoms with Crippen LogP contribution in [0.3, 0.4) is 0 Å². The molecule has 0 aromatic heterocycles. The van der Waals surface area contributed by atoms with E-state index in [4.69, 9.17) is 4.74 Å². The summed E-state index contributed by atoms with van der Waals surface area (Å²) >= 11 is 0. The van der Waals surface area contributed by atoms with Crippen LogP contribution < -0.4 is 0 Å². The van der Waals surface area contributed by atoms with E-state index in [0.717, 1.165) is 45.4 Å². The van der Waals surface area contributed by atoms with E-state index in [1.54, 1.807) is 0 Å². The van der Waals surface area contributed by atoms with Crippen molar-refractivity contribution in [3.05, 3.63) is 71.8 Å². The zero-order valence-corrected chi connectivity index (χ0v) is 15.2. The van der Waals surface area contributed by atoms with Gasteiger partial charge >= 0.3 is 0 Å². The molecule has 2 fully saturated rings. The fourth-order valence-corrected chi connectivity index (χ4v) is 4.00. The van der Waals surface area contributed by atoms with Crippen LogP contribution in [0.1, 0.15) is 36.3 Å². The van der Waals surface area contributed by atoms with Gasteiger partial charge in [0.1, 0.15) is 0 Å². The summed E-state index contributed by atoms with van der Waals surface area (Å²) in [6.45, 7) is 2.45. The van der Waals surface area contributed by atoms with Crippen LogP contribution >= 0.6 is 0 Å². The van der Waals surface area contributed by atoms with E-state index in [9.17, 15) is 4.79 Å². The summed E-state index contributed by atoms with van der Waals surface area (Å²) in [7, 11) is 0. The molecule has 4 rings (SSSR count). The molecule has 2 aromatic carbocycles. The first-order valence-electron chi connectivity index (χ1n) is 9.80. The monoisotopic (exact) mass is 349 g/mol. The first kappa shape index (κ1) is 17.3. The van der Waals surface area contributed by atoms with Crippen LogP contribution in [0.5, 0.6) is 0 Å². The van der Waals surface area contributed by atoms with E-state index in [1.165, 1.54) is 11.1 Å². The molecule has 0 spiro atoms. The van der Waals surface area contributed by atoms with Crippen LogP contribution in [-0.4, -0.2) is 36.6 Å². The number of piperidine rings is 1. The molecule has 3 nitrogen and oxygen atoms in total. The summed E-state index contributed by atoms with van der Waals surface area (Å²) in [5.41, 5.74) is 2.63. The highest BCUT2D eigenvalue weighted by Gasteiger charge is 2.46. The molecule has 1 saturated carbocycles. The van der Waals surface area contributed by atoms with Crippen molar-refractivity contribution in [3.63, 3.8) is 0 Å². The summed E-state index contributed by atoms with van der Waals surface area (Å²) < 4.78 is 6.04. The molecule has 1 saturated heterocycles. The number of benzene rings is 2. The van der Waals surface area contributed by atoms with Gasteiger partial charge in [-0.3, -0.25) is 4.79 Å². The number of likely N-dealkylation sites (tertiary alicyclic amines) is 1. The molecule has 1 aliphatic heterocycles. The normalized spacial score (nSPS) is 23.0. The van der Waals surface area contributed by atoms with E-state index in [2.05, 4.69) is 53.4 Å². The average Bonchev–Trinajstić information content (AvgIpc) is 3.50. The van der Waals surface area contributed by atoms with Crippen molar-refractivity contribution >= 4 is 5.91 Å². The van der Waals surface area contributed by atoms with Crippen molar-refractivity contribution in [2.24, 2.45) is 5.92 Å². The van der Waals surface area contributed by atoms with E-state index in [0.29, 0.717) is 17.9 Å². The van der Waals surface area contributed by atoms with Gasteiger partial charge in [0.2, 0.25) is 5.91 Å². The Kier molecular flexibility index (Phi) is 5.35. The number of amides is 1. The number of carbonyl (C=O) groups excluding carboxylic acids is 1. The molecule has 1 amide bonds. The lowest BCUT2D eigenvalue weighted by molar-refractivity contribution is -0.135. The summed E-state index contributed by atoms with van der Waals surface area (Å²) in [6, 6.07) is 20.9. The second-order valence-electron chi connectivity index (χ2n) is 7.49. The number of hydrogen-bond acceptors (Lipinski definition) is 2. The highest BCUT2D eigenvalue weighted by atomic mass is 16.5. The molecule has 26 heavy (non-hydrogen) atoms. The van der Waals surface area contributed by atoms with Gasteiger partial charge in [0.05, 0.1) is 12.7 Å². The van der Waals surface area contributed by atoms with Crippen molar-refractivity contribution < 1.29 is 9.53 Å². The van der Waals surface area contributed by atoms with Crippen LogP contribution in [0.15, 0.2) is 60.7 Å². The van der Waals surface area contributed by atoms with Gasteiger partial charge in [-0.05, 0) is 42.7 Å². The zero-order valence-electron chi connectivity index (χ0n) is 15.2. The van der Waals surface area contributed by atoms with Gasteiger partial charge in [0, 0.05) is 19.0 Å². The second-order valence-corrected chi connectivity index (χ2v) is 7.49. The Hall–Kier alpha value is -2.13. The fraction of sp³-hybridized carbons (Fsp3) is 0.435. The highest BCUT2D eigenvalue weighted by molar-refractivity contribution is 5.83. The first-order valence-corrected chi connectivity index (χ1v) is 9.80. The molecule has 1 heterocycles. The molecule has 0 N–H and O–H groups in total. The van der Waals surface area contributed by atoms with Gasteiger partial charge in [0.15, 0.2) is 0 Å². The number of ether oxygens (including phenoxy) is 1.